The third kappa shape index (κ3) is 2.48. The summed E-state index contributed by atoms with van der Waals surface area (Å²) in [5, 5.41) is 14.3. The molecule has 2 atom stereocenters. The maximum atomic E-state index is 13.3. The van der Waals surface area contributed by atoms with Gasteiger partial charge in [0, 0.05) is 18.7 Å². The van der Waals surface area contributed by atoms with Crippen LogP contribution in [0.1, 0.15) is 5.56 Å². The summed E-state index contributed by atoms with van der Waals surface area (Å²) in [5.41, 5.74) is 0.332. The minimum absolute atomic E-state index is 0.0119. The molecule has 2 unspecified atom stereocenters. The highest BCUT2D eigenvalue weighted by Gasteiger charge is 2.38. The molecule has 1 heterocycles. The first kappa shape index (κ1) is 12.5. The van der Waals surface area contributed by atoms with E-state index in [0.29, 0.717) is 5.56 Å². The molecule has 0 bridgehead atoms. The van der Waals surface area contributed by atoms with E-state index in [-0.39, 0.29) is 13.1 Å². The predicted molar refractivity (Wildman–Crippen MR) is 60.8 cm³/mol. The highest BCUT2D eigenvalue weighted by Crippen LogP contribution is 2.11. The number of carbonyl (C=O) groups excluding carboxylic acids is 2. The maximum Gasteiger partial charge on any atom is 0.235 e. The molecule has 0 radical (unpaired) electrons. The summed E-state index contributed by atoms with van der Waals surface area (Å²) in [7, 11) is 0. The molecule has 1 aliphatic rings. The zero-order chi connectivity index (χ0) is 13.1. The molecule has 0 spiro atoms. The number of halogens is 1. The Morgan fingerprint density at radius 3 is 2.83 bits per heavy atom. The van der Waals surface area contributed by atoms with Gasteiger partial charge in [-0.05, 0) is 6.07 Å². The van der Waals surface area contributed by atoms with E-state index in [2.05, 4.69) is 10.6 Å². The van der Waals surface area contributed by atoms with Gasteiger partial charge in [-0.2, -0.15) is 0 Å². The van der Waals surface area contributed by atoms with Crippen molar-refractivity contribution in [3.63, 3.8) is 0 Å². The van der Waals surface area contributed by atoms with Gasteiger partial charge in [-0.15, -0.1) is 0 Å². The van der Waals surface area contributed by atoms with Crippen molar-refractivity contribution in [2.75, 3.05) is 6.54 Å². The highest BCUT2D eigenvalue weighted by molar-refractivity contribution is 6.02. The molecule has 1 aliphatic heterocycles. The second-order valence-electron chi connectivity index (χ2n) is 4.10. The van der Waals surface area contributed by atoms with Crippen LogP contribution in [-0.4, -0.2) is 29.6 Å². The first-order valence-corrected chi connectivity index (χ1v) is 5.56. The van der Waals surface area contributed by atoms with Gasteiger partial charge in [-0.1, -0.05) is 18.2 Å². The molecule has 96 valence electrons. The van der Waals surface area contributed by atoms with Crippen molar-refractivity contribution in [2.24, 2.45) is 5.92 Å². The Bertz CT molecular complexity index is 478. The molecule has 2 rings (SSSR count). The van der Waals surface area contributed by atoms with Crippen LogP contribution >= 0.6 is 0 Å². The van der Waals surface area contributed by atoms with E-state index in [1.807, 2.05) is 0 Å². The third-order valence-electron chi connectivity index (χ3n) is 2.85. The number of aliphatic hydroxyl groups is 1. The van der Waals surface area contributed by atoms with Crippen molar-refractivity contribution in [1.82, 2.24) is 10.6 Å². The second-order valence-corrected chi connectivity index (χ2v) is 4.10. The van der Waals surface area contributed by atoms with Crippen LogP contribution in [0.4, 0.5) is 4.39 Å². The number of β-amino-alcohol motifs (C(OH)–C–C–N with tert-alkyl or cyclic N) is 1. The molecule has 5 nitrogen and oxygen atoms in total. The molecule has 1 saturated heterocycles. The van der Waals surface area contributed by atoms with Crippen molar-refractivity contribution in [1.29, 1.82) is 0 Å². The van der Waals surface area contributed by atoms with Crippen LogP contribution in [0.25, 0.3) is 0 Å². The Morgan fingerprint density at radius 2 is 2.22 bits per heavy atom. The Labute approximate surface area is 103 Å². The molecule has 0 aliphatic carbocycles. The predicted octanol–water partition coefficient (Wildman–Crippen LogP) is -0.451. The average Bonchev–Trinajstić information content (AvgIpc) is 2.68. The van der Waals surface area contributed by atoms with Crippen LogP contribution in [0, 0.1) is 11.7 Å². The highest BCUT2D eigenvalue weighted by atomic mass is 19.1. The van der Waals surface area contributed by atoms with E-state index in [1.54, 1.807) is 18.2 Å². The second kappa shape index (κ2) is 5.14. The van der Waals surface area contributed by atoms with Gasteiger partial charge < -0.3 is 15.7 Å². The normalized spacial score (nSPS) is 22.7. The molecule has 6 heteroatoms. The number of benzene rings is 1. The number of amides is 2. The lowest BCUT2D eigenvalue weighted by molar-refractivity contribution is -0.135. The molecular formula is C12H13FN2O3. The number of hydrogen-bond acceptors (Lipinski definition) is 3. The fraction of sp³-hybridized carbons (Fsp3) is 0.333. The van der Waals surface area contributed by atoms with Crippen LogP contribution in [0.2, 0.25) is 0 Å². The average molecular weight is 252 g/mol. The zero-order valence-corrected chi connectivity index (χ0v) is 9.52. The summed E-state index contributed by atoms with van der Waals surface area (Å²) in [6.45, 7) is 0.0542. The van der Waals surface area contributed by atoms with Gasteiger partial charge >= 0.3 is 0 Å². The van der Waals surface area contributed by atoms with Crippen molar-refractivity contribution in [2.45, 2.75) is 12.6 Å². The van der Waals surface area contributed by atoms with Gasteiger partial charge in [0.25, 0.3) is 0 Å². The largest absolute Gasteiger partial charge is 0.390 e. The topological polar surface area (TPSA) is 78.4 Å². The van der Waals surface area contributed by atoms with E-state index in [0.717, 1.165) is 0 Å². The molecule has 1 fully saturated rings. The Balaban J connectivity index is 1.97. The Morgan fingerprint density at radius 1 is 1.50 bits per heavy atom. The molecular weight excluding hydrogens is 239 g/mol. The minimum atomic E-state index is -1.11. The van der Waals surface area contributed by atoms with E-state index >= 15 is 0 Å². The lowest BCUT2D eigenvalue weighted by Crippen LogP contribution is -2.39. The van der Waals surface area contributed by atoms with Crippen LogP contribution in [-0.2, 0) is 16.1 Å². The number of aliphatic hydroxyl groups excluding tert-OH is 1. The Kier molecular flexibility index (Phi) is 3.57. The van der Waals surface area contributed by atoms with E-state index in [4.69, 9.17) is 0 Å². The van der Waals surface area contributed by atoms with Crippen LogP contribution in [0.5, 0.6) is 0 Å². The molecule has 2 amide bonds. The van der Waals surface area contributed by atoms with Gasteiger partial charge in [0.1, 0.15) is 11.7 Å². The molecule has 0 saturated carbocycles. The summed E-state index contributed by atoms with van der Waals surface area (Å²) in [4.78, 5) is 23.0. The first-order valence-electron chi connectivity index (χ1n) is 5.56. The van der Waals surface area contributed by atoms with Crippen LogP contribution < -0.4 is 10.6 Å². The quantitative estimate of drug-likeness (QED) is 0.637. The van der Waals surface area contributed by atoms with E-state index in [1.165, 1.54) is 6.07 Å². The standard InChI is InChI=1S/C12H13FN2O3/c13-8-4-2-1-3-7(8)5-14-11(17)10-9(16)6-15-12(10)18/h1-4,9-10,16H,5-6H2,(H,14,17)(H,15,18). The molecule has 0 aromatic heterocycles. The van der Waals surface area contributed by atoms with Gasteiger partial charge in [0.15, 0.2) is 0 Å². The van der Waals surface area contributed by atoms with Gasteiger partial charge in [-0.25, -0.2) is 4.39 Å². The van der Waals surface area contributed by atoms with Crippen LogP contribution in [0.15, 0.2) is 24.3 Å². The monoisotopic (exact) mass is 252 g/mol. The van der Waals surface area contributed by atoms with Crippen molar-refractivity contribution >= 4 is 11.8 Å². The zero-order valence-electron chi connectivity index (χ0n) is 9.52. The summed E-state index contributed by atoms with van der Waals surface area (Å²) in [6, 6.07) is 6.04. The van der Waals surface area contributed by atoms with Crippen molar-refractivity contribution in [3.05, 3.63) is 35.6 Å². The van der Waals surface area contributed by atoms with E-state index in [9.17, 15) is 19.1 Å². The molecule has 1 aromatic rings. The summed E-state index contributed by atoms with van der Waals surface area (Å²) in [6.07, 6.45) is -1.03. The van der Waals surface area contributed by atoms with Crippen molar-refractivity contribution in [3.8, 4) is 0 Å². The fourth-order valence-electron chi connectivity index (χ4n) is 1.84. The summed E-state index contributed by atoms with van der Waals surface area (Å²) in [5.74, 6) is -2.64. The molecule has 1 aromatic carbocycles. The first-order chi connectivity index (χ1) is 8.59. The number of hydrogen-bond donors (Lipinski definition) is 3. The van der Waals surface area contributed by atoms with Gasteiger partial charge in [0.2, 0.25) is 11.8 Å². The summed E-state index contributed by atoms with van der Waals surface area (Å²) < 4.78 is 13.3. The third-order valence-corrected chi connectivity index (χ3v) is 2.85. The lowest BCUT2D eigenvalue weighted by Gasteiger charge is -2.12. The maximum absolute atomic E-state index is 13.3. The van der Waals surface area contributed by atoms with Gasteiger partial charge in [0.05, 0.1) is 6.10 Å². The Hall–Kier alpha value is -1.95. The minimum Gasteiger partial charge on any atom is -0.390 e. The molecule has 3 N–H and O–H groups in total. The molecule has 18 heavy (non-hydrogen) atoms. The number of carbonyl (C=O) groups is 2. The van der Waals surface area contributed by atoms with E-state index < -0.39 is 29.7 Å². The lowest BCUT2D eigenvalue weighted by atomic mass is 10.0. The summed E-state index contributed by atoms with van der Waals surface area (Å²) >= 11 is 0. The number of nitrogens with one attached hydrogen (secondary N) is 2. The SMILES string of the molecule is O=C(NCc1ccccc1F)C1C(=O)NCC1O. The van der Waals surface area contributed by atoms with Crippen molar-refractivity contribution < 1.29 is 19.1 Å². The van der Waals surface area contributed by atoms with Gasteiger partial charge in [-0.3, -0.25) is 9.59 Å². The fourth-order valence-corrected chi connectivity index (χ4v) is 1.84. The smallest absolute Gasteiger partial charge is 0.235 e. The van der Waals surface area contributed by atoms with Crippen LogP contribution in [0.3, 0.4) is 0 Å². The number of rotatable bonds is 3.